The molecule has 0 amide bonds. The van der Waals surface area contributed by atoms with Gasteiger partial charge >= 0.3 is 0 Å². The van der Waals surface area contributed by atoms with E-state index in [2.05, 4.69) is 45.5 Å². The third-order valence-electron chi connectivity index (χ3n) is 4.04. The van der Waals surface area contributed by atoms with Crippen molar-refractivity contribution in [3.05, 3.63) is 63.9 Å². The van der Waals surface area contributed by atoms with E-state index in [4.69, 9.17) is 0 Å². The summed E-state index contributed by atoms with van der Waals surface area (Å²) in [4.78, 5) is 0. The minimum Gasteiger partial charge on any atom is -0.382 e. The lowest BCUT2D eigenvalue weighted by molar-refractivity contribution is 0.374. The van der Waals surface area contributed by atoms with Crippen LogP contribution in [0.25, 0.3) is 0 Å². The van der Waals surface area contributed by atoms with Gasteiger partial charge in [0.25, 0.3) is 0 Å². The van der Waals surface area contributed by atoms with E-state index in [1.807, 2.05) is 19.1 Å². The molecule has 0 atom stereocenters. The minimum atomic E-state index is -0.211. The third-order valence-corrected chi connectivity index (χ3v) is 4.64. The summed E-state index contributed by atoms with van der Waals surface area (Å²) in [6, 6.07) is 14.4. The molecule has 104 valence electrons. The molecular formula is C17H17BrFN. The summed E-state index contributed by atoms with van der Waals surface area (Å²) in [7, 11) is 0. The number of benzene rings is 2. The van der Waals surface area contributed by atoms with Crippen molar-refractivity contribution in [1.29, 1.82) is 0 Å². The van der Waals surface area contributed by atoms with E-state index in [0.717, 1.165) is 24.1 Å². The predicted molar refractivity (Wildman–Crippen MR) is 84.7 cm³/mol. The molecule has 1 aliphatic carbocycles. The van der Waals surface area contributed by atoms with Gasteiger partial charge in [0.1, 0.15) is 5.82 Å². The lowest BCUT2D eigenvalue weighted by atomic mass is 9.76. The van der Waals surface area contributed by atoms with Crippen molar-refractivity contribution in [3.8, 4) is 0 Å². The molecule has 0 unspecified atom stereocenters. The number of halogens is 2. The molecule has 2 aromatic carbocycles. The summed E-state index contributed by atoms with van der Waals surface area (Å²) in [6.07, 6.45) is 2.22. The van der Waals surface area contributed by atoms with Crippen LogP contribution >= 0.6 is 15.9 Å². The van der Waals surface area contributed by atoms with E-state index in [1.165, 1.54) is 5.56 Å². The van der Waals surface area contributed by atoms with Crippen LogP contribution in [0.5, 0.6) is 0 Å². The summed E-state index contributed by atoms with van der Waals surface area (Å²) in [5, 5.41) is 3.45. The summed E-state index contributed by atoms with van der Waals surface area (Å²) >= 11 is 3.21. The highest BCUT2D eigenvalue weighted by Crippen LogP contribution is 2.39. The van der Waals surface area contributed by atoms with Gasteiger partial charge in [-0.15, -0.1) is 0 Å². The fourth-order valence-electron chi connectivity index (χ4n) is 2.75. The molecule has 3 heteroatoms. The summed E-state index contributed by atoms with van der Waals surface area (Å²) < 4.78 is 14.1. The second kappa shape index (κ2) is 5.57. The molecule has 1 N–H and O–H groups in total. The van der Waals surface area contributed by atoms with Gasteiger partial charge in [-0.2, -0.15) is 0 Å². The van der Waals surface area contributed by atoms with Crippen LogP contribution in [0.4, 0.5) is 10.1 Å². The molecular weight excluding hydrogens is 317 g/mol. The smallest absolute Gasteiger partial charge is 0.139 e. The van der Waals surface area contributed by atoms with Crippen molar-refractivity contribution >= 4 is 21.6 Å². The van der Waals surface area contributed by atoms with E-state index in [9.17, 15) is 4.39 Å². The van der Waals surface area contributed by atoms with Gasteiger partial charge in [0.15, 0.2) is 0 Å². The van der Waals surface area contributed by atoms with E-state index >= 15 is 0 Å². The van der Waals surface area contributed by atoms with Crippen molar-refractivity contribution in [1.82, 2.24) is 0 Å². The molecule has 0 aromatic heterocycles. The Hall–Kier alpha value is -1.35. The first-order chi connectivity index (χ1) is 9.63. The van der Waals surface area contributed by atoms with Crippen LogP contribution in [0.15, 0.2) is 46.9 Å². The van der Waals surface area contributed by atoms with Crippen LogP contribution in [-0.2, 0) is 0 Å². The molecule has 0 spiro atoms. The van der Waals surface area contributed by atoms with Gasteiger partial charge in [0, 0.05) is 11.7 Å². The highest BCUT2D eigenvalue weighted by atomic mass is 79.9. The first-order valence-electron chi connectivity index (χ1n) is 6.90. The monoisotopic (exact) mass is 333 g/mol. The molecule has 0 bridgehead atoms. The number of anilines is 1. The third kappa shape index (κ3) is 2.73. The van der Waals surface area contributed by atoms with Gasteiger partial charge in [0.2, 0.25) is 0 Å². The van der Waals surface area contributed by atoms with Crippen LogP contribution in [-0.4, -0.2) is 6.04 Å². The summed E-state index contributed by atoms with van der Waals surface area (Å²) in [5.41, 5.74) is 3.38. The quantitative estimate of drug-likeness (QED) is 0.808. The Balaban J connectivity index is 1.63. The lowest BCUT2D eigenvalue weighted by Gasteiger charge is -2.37. The maximum atomic E-state index is 13.6. The Bertz CT molecular complexity index is 606. The molecule has 20 heavy (non-hydrogen) atoms. The van der Waals surface area contributed by atoms with E-state index in [-0.39, 0.29) is 5.82 Å². The predicted octanol–water partition coefficient (Wildman–Crippen LogP) is 5.25. The second-order valence-corrected chi connectivity index (χ2v) is 6.36. The molecule has 1 saturated carbocycles. The Kier molecular flexibility index (Phi) is 3.79. The zero-order valence-electron chi connectivity index (χ0n) is 11.4. The minimum absolute atomic E-state index is 0.211. The lowest BCUT2D eigenvalue weighted by Crippen LogP contribution is -2.34. The van der Waals surface area contributed by atoms with Gasteiger partial charge in [-0.05, 0) is 64.9 Å². The molecule has 0 aliphatic heterocycles. The number of hydrogen-bond acceptors (Lipinski definition) is 1. The molecule has 1 nitrogen and oxygen atoms in total. The second-order valence-electron chi connectivity index (χ2n) is 5.50. The zero-order valence-corrected chi connectivity index (χ0v) is 13.0. The molecule has 3 rings (SSSR count). The van der Waals surface area contributed by atoms with Gasteiger partial charge in [0.05, 0.1) is 4.47 Å². The fraction of sp³-hybridized carbons (Fsp3) is 0.294. The number of aryl methyl sites for hydroxylation is 1. The fourth-order valence-corrected chi connectivity index (χ4v) is 3.21. The van der Waals surface area contributed by atoms with E-state index in [1.54, 1.807) is 6.07 Å². The van der Waals surface area contributed by atoms with Gasteiger partial charge in [-0.1, -0.05) is 30.3 Å². The van der Waals surface area contributed by atoms with Crippen LogP contribution in [0.3, 0.4) is 0 Å². The molecule has 0 heterocycles. The molecule has 2 aromatic rings. The topological polar surface area (TPSA) is 12.0 Å². The first kappa shape index (κ1) is 13.6. The van der Waals surface area contributed by atoms with Crippen LogP contribution in [0.2, 0.25) is 0 Å². The summed E-state index contributed by atoms with van der Waals surface area (Å²) in [5.74, 6) is 0.423. The van der Waals surface area contributed by atoms with E-state index < -0.39 is 0 Å². The Morgan fingerprint density at radius 3 is 2.55 bits per heavy atom. The molecule has 1 aliphatic rings. The largest absolute Gasteiger partial charge is 0.382 e. The zero-order chi connectivity index (χ0) is 14.1. The number of rotatable bonds is 3. The van der Waals surface area contributed by atoms with Crippen LogP contribution < -0.4 is 5.32 Å². The Labute approximate surface area is 127 Å². The van der Waals surface area contributed by atoms with Crippen LogP contribution in [0, 0.1) is 12.7 Å². The number of nitrogens with one attached hydrogen (secondary N) is 1. The highest BCUT2D eigenvalue weighted by Gasteiger charge is 2.30. The van der Waals surface area contributed by atoms with Crippen molar-refractivity contribution in [2.45, 2.75) is 31.7 Å². The van der Waals surface area contributed by atoms with E-state index in [0.29, 0.717) is 16.4 Å². The molecule has 0 saturated heterocycles. The highest BCUT2D eigenvalue weighted by molar-refractivity contribution is 9.10. The van der Waals surface area contributed by atoms with Crippen molar-refractivity contribution < 1.29 is 4.39 Å². The Morgan fingerprint density at radius 1 is 1.15 bits per heavy atom. The number of hydrogen-bond donors (Lipinski definition) is 1. The molecule has 1 fully saturated rings. The van der Waals surface area contributed by atoms with Gasteiger partial charge < -0.3 is 5.32 Å². The average Bonchev–Trinajstić information content (AvgIpc) is 2.40. The van der Waals surface area contributed by atoms with Crippen molar-refractivity contribution in [2.24, 2.45) is 0 Å². The first-order valence-corrected chi connectivity index (χ1v) is 7.70. The average molecular weight is 334 g/mol. The maximum absolute atomic E-state index is 13.6. The SMILES string of the molecule is Cc1cc(Br)c(F)cc1NC1CC(c2ccccc2)C1. The molecule has 0 radical (unpaired) electrons. The summed E-state index contributed by atoms with van der Waals surface area (Å²) in [6.45, 7) is 2.00. The van der Waals surface area contributed by atoms with Gasteiger partial charge in [-0.25, -0.2) is 4.39 Å². The maximum Gasteiger partial charge on any atom is 0.139 e. The normalized spacial score (nSPS) is 21.4. The van der Waals surface area contributed by atoms with Crippen LogP contribution in [0.1, 0.15) is 29.9 Å². The van der Waals surface area contributed by atoms with Crippen molar-refractivity contribution in [3.63, 3.8) is 0 Å². The Morgan fingerprint density at radius 2 is 1.85 bits per heavy atom. The van der Waals surface area contributed by atoms with Crippen molar-refractivity contribution in [2.75, 3.05) is 5.32 Å². The standard InChI is InChI=1S/C17H17BrFN/c1-11-7-15(18)16(19)10-17(11)20-14-8-13(9-14)12-5-3-2-4-6-12/h2-7,10,13-14,20H,8-9H2,1H3. The van der Waals surface area contributed by atoms with Gasteiger partial charge in [-0.3, -0.25) is 0 Å².